The maximum absolute atomic E-state index is 12.2. The summed E-state index contributed by atoms with van der Waals surface area (Å²) in [7, 11) is 0. The van der Waals surface area contributed by atoms with E-state index in [0.29, 0.717) is 16.4 Å². The second-order valence-electron chi connectivity index (χ2n) is 4.98. The van der Waals surface area contributed by atoms with Crippen LogP contribution >= 0.6 is 11.6 Å². The number of esters is 1. The number of amides is 1. The van der Waals surface area contributed by atoms with E-state index in [2.05, 4.69) is 15.3 Å². The number of benzene rings is 1. The molecule has 1 N–H and O–H groups in total. The average molecular weight is 345 g/mol. The summed E-state index contributed by atoms with van der Waals surface area (Å²) in [5.41, 5.74) is 0.929. The lowest BCUT2D eigenvalue weighted by molar-refractivity contribution is -0.123. The summed E-state index contributed by atoms with van der Waals surface area (Å²) in [4.78, 5) is 32.4. The van der Waals surface area contributed by atoms with Crippen molar-refractivity contribution in [3.63, 3.8) is 0 Å². The number of imidazole rings is 1. The zero-order valence-corrected chi connectivity index (χ0v) is 13.4. The van der Waals surface area contributed by atoms with E-state index in [0.717, 1.165) is 0 Å². The van der Waals surface area contributed by atoms with E-state index in [9.17, 15) is 9.59 Å². The molecule has 2 aromatic heterocycles. The number of fused-ring (bicyclic) bond motifs is 1. The van der Waals surface area contributed by atoms with Crippen molar-refractivity contribution in [2.45, 2.75) is 13.0 Å². The fourth-order valence-corrected chi connectivity index (χ4v) is 2.27. The number of aromatic nitrogens is 3. The number of nitrogens with one attached hydrogen (secondary N) is 1. The number of nitrogens with zero attached hydrogens (tertiary/aromatic N) is 3. The fraction of sp³-hybridized carbons (Fsp3) is 0.125. The van der Waals surface area contributed by atoms with Crippen molar-refractivity contribution in [2.75, 3.05) is 5.32 Å². The molecular formula is C16H13ClN4O3. The third-order valence-corrected chi connectivity index (χ3v) is 3.49. The number of halogens is 1. The Morgan fingerprint density at radius 3 is 2.75 bits per heavy atom. The molecule has 8 heteroatoms. The average Bonchev–Trinajstić information content (AvgIpc) is 3.03. The SMILES string of the molecule is C[C@@H](OC(=O)c1nccn2ccnc12)C(=O)Nc1cccc(Cl)c1. The molecule has 3 rings (SSSR count). The van der Waals surface area contributed by atoms with E-state index in [1.807, 2.05) is 0 Å². The van der Waals surface area contributed by atoms with Crippen LogP contribution in [0.1, 0.15) is 17.4 Å². The molecule has 0 aliphatic heterocycles. The third kappa shape index (κ3) is 3.36. The van der Waals surface area contributed by atoms with Gasteiger partial charge in [0, 0.05) is 35.5 Å². The Bertz CT molecular complexity index is 909. The van der Waals surface area contributed by atoms with Crippen LogP contribution in [-0.4, -0.2) is 32.3 Å². The van der Waals surface area contributed by atoms with E-state index in [4.69, 9.17) is 16.3 Å². The number of rotatable bonds is 4. The molecule has 0 unspecified atom stereocenters. The van der Waals surface area contributed by atoms with E-state index < -0.39 is 18.0 Å². The van der Waals surface area contributed by atoms with Crippen molar-refractivity contribution in [1.29, 1.82) is 0 Å². The molecule has 0 radical (unpaired) electrons. The van der Waals surface area contributed by atoms with E-state index >= 15 is 0 Å². The largest absolute Gasteiger partial charge is 0.448 e. The Hall–Kier alpha value is -2.93. The summed E-state index contributed by atoms with van der Waals surface area (Å²) in [6.07, 6.45) is 5.34. The van der Waals surface area contributed by atoms with Crippen molar-refractivity contribution >= 4 is 34.8 Å². The fourth-order valence-electron chi connectivity index (χ4n) is 2.08. The van der Waals surface area contributed by atoms with Gasteiger partial charge in [0.05, 0.1) is 0 Å². The van der Waals surface area contributed by atoms with Crippen molar-refractivity contribution < 1.29 is 14.3 Å². The van der Waals surface area contributed by atoms with E-state index in [1.165, 1.54) is 13.1 Å². The Balaban J connectivity index is 1.69. The van der Waals surface area contributed by atoms with E-state index in [-0.39, 0.29) is 5.69 Å². The third-order valence-electron chi connectivity index (χ3n) is 3.25. The first-order valence-corrected chi connectivity index (χ1v) is 7.47. The first-order chi connectivity index (χ1) is 11.5. The zero-order chi connectivity index (χ0) is 17.1. The van der Waals surface area contributed by atoms with Crippen LogP contribution < -0.4 is 5.32 Å². The van der Waals surface area contributed by atoms with Crippen LogP contribution in [0.15, 0.2) is 49.1 Å². The minimum atomic E-state index is -1.01. The van der Waals surface area contributed by atoms with Gasteiger partial charge < -0.3 is 14.5 Å². The molecule has 0 bridgehead atoms. The highest BCUT2D eigenvalue weighted by atomic mass is 35.5. The summed E-state index contributed by atoms with van der Waals surface area (Å²) in [5, 5.41) is 3.12. The summed E-state index contributed by atoms with van der Waals surface area (Å²) < 4.78 is 6.82. The van der Waals surface area contributed by atoms with Gasteiger partial charge in [-0.15, -0.1) is 0 Å². The zero-order valence-electron chi connectivity index (χ0n) is 12.6. The van der Waals surface area contributed by atoms with Gasteiger partial charge in [-0.25, -0.2) is 14.8 Å². The lowest BCUT2D eigenvalue weighted by atomic mass is 10.3. The van der Waals surface area contributed by atoms with Crippen LogP contribution in [0.3, 0.4) is 0 Å². The lowest BCUT2D eigenvalue weighted by Gasteiger charge is -2.13. The van der Waals surface area contributed by atoms with Crippen LogP contribution in [-0.2, 0) is 9.53 Å². The Morgan fingerprint density at radius 1 is 1.25 bits per heavy atom. The van der Waals surface area contributed by atoms with Crippen LogP contribution in [0.2, 0.25) is 5.02 Å². The van der Waals surface area contributed by atoms with Gasteiger partial charge in [-0.05, 0) is 25.1 Å². The molecule has 3 aromatic rings. The van der Waals surface area contributed by atoms with Crippen molar-refractivity contribution in [2.24, 2.45) is 0 Å². The smallest absolute Gasteiger partial charge is 0.361 e. The standard InChI is InChI=1S/C16H13ClN4O3/c1-10(15(22)20-12-4-2-3-11(17)9-12)24-16(23)13-14-19-6-8-21(14)7-5-18-13/h2-10H,1H3,(H,20,22)/t10-/m1/s1. The predicted octanol–water partition coefficient (Wildman–Crippen LogP) is 2.57. The molecule has 7 nitrogen and oxygen atoms in total. The van der Waals surface area contributed by atoms with E-state index in [1.54, 1.807) is 47.3 Å². The number of anilines is 1. The molecule has 1 amide bonds. The summed E-state index contributed by atoms with van der Waals surface area (Å²) >= 11 is 5.86. The normalized spacial score (nSPS) is 11.9. The number of hydrogen-bond donors (Lipinski definition) is 1. The van der Waals surface area contributed by atoms with Gasteiger partial charge in [-0.1, -0.05) is 17.7 Å². The van der Waals surface area contributed by atoms with Gasteiger partial charge in [0.15, 0.2) is 17.4 Å². The quantitative estimate of drug-likeness (QED) is 0.735. The molecule has 0 spiro atoms. The summed E-state index contributed by atoms with van der Waals surface area (Å²) in [6.45, 7) is 1.48. The topological polar surface area (TPSA) is 85.6 Å². The highest BCUT2D eigenvalue weighted by Crippen LogP contribution is 2.15. The minimum Gasteiger partial charge on any atom is -0.448 e. The van der Waals surface area contributed by atoms with Gasteiger partial charge in [0.25, 0.3) is 5.91 Å². The van der Waals surface area contributed by atoms with Crippen molar-refractivity contribution in [1.82, 2.24) is 14.4 Å². The van der Waals surface area contributed by atoms with Gasteiger partial charge in [0.1, 0.15) is 0 Å². The number of carbonyl (C=O) groups excluding carboxylic acids is 2. The highest BCUT2D eigenvalue weighted by Gasteiger charge is 2.22. The van der Waals surface area contributed by atoms with Gasteiger partial charge in [-0.3, -0.25) is 4.79 Å². The second kappa shape index (κ2) is 6.67. The predicted molar refractivity (Wildman–Crippen MR) is 87.9 cm³/mol. The molecule has 1 atom stereocenters. The minimum absolute atomic E-state index is 0.0462. The number of ether oxygens (including phenoxy) is 1. The van der Waals surface area contributed by atoms with Crippen LogP contribution in [0.4, 0.5) is 5.69 Å². The van der Waals surface area contributed by atoms with Gasteiger partial charge in [-0.2, -0.15) is 0 Å². The molecule has 0 aliphatic carbocycles. The highest BCUT2D eigenvalue weighted by molar-refractivity contribution is 6.30. The number of hydrogen-bond acceptors (Lipinski definition) is 5. The molecule has 122 valence electrons. The molecule has 0 saturated carbocycles. The maximum atomic E-state index is 12.2. The monoisotopic (exact) mass is 344 g/mol. The second-order valence-corrected chi connectivity index (χ2v) is 5.42. The van der Waals surface area contributed by atoms with Gasteiger partial charge >= 0.3 is 5.97 Å². The molecule has 0 fully saturated rings. The van der Waals surface area contributed by atoms with Crippen molar-refractivity contribution in [3.8, 4) is 0 Å². The molecule has 2 heterocycles. The Morgan fingerprint density at radius 2 is 2.00 bits per heavy atom. The number of carbonyl (C=O) groups is 2. The lowest BCUT2D eigenvalue weighted by Crippen LogP contribution is -2.30. The Kier molecular flexibility index (Phi) is 4.43. The summed E-state index contributed by atoms with van der Waals surface area (Å²) in [5.74, 6) is -1.19. The van der Waals surface area contributed by atoms with Crippen LogP contribution in [0.25, 0.3) is 5.65 Å². The molecule has 0 saturated heterocycles. The molecule has 0 aliphatic rings. The first kappa shape index (κ1) is 15.9. The van der Waals surface area contributed by atoms with Crippen LogP contribution in [0, 0.1) is 0 Å². The Labute approximate surface area is 142 Å². The molecule has 24 heavy (non-hydrogen) atoms. The maximum Gasteiger partial charge on any atom is 0.361 e. The first-order valence-electron chi connectivity index (χ1n) is 7.09. The van der Waals surface area contributed by atoms with Crippen molar-refractivity contribution in [3.05, 3.63) is 59.8 Å². The molecule has 1 aromatic carbocycles. The summed E-state index contributed by atoms with van der Waals surface area (Å²) in [6, 6.07) is 6.68. The van der Waals surface area contributed by atoms with Crippen LogP contribution in [0.5, 0.6) is 0 Å². The molecular weight excluding hydrogens is 332 g/mol. The van der Waals surface area contributed by atoms with Gasteiger partial charge in [0.2, 0.25) is 0 Å².